The second-order valence-electron chi connectivity index (χ2n) is 7.80. The number of urea groups is 1. The third-order valence-corrected chi connectivity index (χ3v) is 5.16. The van der Waals surface area contributed by atoms with Gasteiger partial charge in [-0.25, -0.2) is 4.79 Å². The van der Waals surface area contributed by atoms with Gasteiger partial charge in [-0.1, -0.05) is 12.1 Å². The molecule has 3 rings (SSSR count). The monoisotopic (exact) mass is 340 g/mol. The Kier molecular flexibility index (Phi) is 5.60. The van der Waals surface area contributed by atoms with Gasteiger partial charge in [0.15, 0.2) is 0 Å². The quantitative estimate of drug-likeness (QED) is 0.916. The molecule has 2 aliphatic rings. The normalized spacial score (nSPS) is 23.4. The number of nitrogens with one attached hydrogen (secondary N) is 1. The van der Waals surface area contributed by atoms with Gasteiger partial charge in [0.05, 0.1) is 11.6 Å². The number of nitriles is 1. The van der Waals surface area contributed by atoms with E-state index in [2.05, 4.69) is 28.4 Å². The Morgan fingerprint density at radius 3 is 2.40 bits per heavy atom. The van der Waals surface area contributed by atoms with Gasteiger partial charge in [-0.15, -0.1) is 0 Å². The summed E-state index contributed by atoms with van der Waals surface area (Å²) in [6, 6.07) is 10.4. The molecular formula is C20H28N4O. The predicted molar refractivity (Wildman–Crippen MR) is 98.1 cm³/mol. The Morgan fingerprint density at radius 2 is 1.84 bits per heavy atom. The van der Waals surface area contributed by atoms with Crippen LogP contribution in [-0.4, -0.2) is 54.6 Å². The lowest BCUT2D eigenvalue weighted by molar-refractivity contribution is 0.0468. The zero-order chi connectivity index (χ0) is 17.8. The molecule has 0 spiro atoms. The molecule has 5 heteroatoms. The van der Waals surface area contributed by atoms with Crippen LogP contribution in [0.15, 0.2) is 24.3 Å². The van der Waals surface area contributed by atoms with Gasteiger partial charge in [0.1, 0.15) is 0 Å². The fraction of sp³-hybridized carbons (Fsp3) is 0.600. The van der Waals surface area contributed by atoms with Crippen LogP contribution >= 0.6 is 0 Å². The van der Waals surface area contributed by atoms with E-state index in [-0.39, 0.29) is 12.1 Å². The summed E-state index contributed by atoms with van der Waals surface area (Å²) in [7, 11) is 0. The highest BCUT2D eigenvalue weighted by Crippen LogP contribution is 2.28. The first-order chi connectivity index (χ1) is 12.0. The lowest BCUT2D eigenvalue weighted by Crippen LogP contribution is -2.56. The average molecular weight is 340 g/mol. The van der Waals surface area contributed by atoms with Crippen LogP contribution < -0.4 is 5.32 Å². The van der Waals surface area contributed by atoms with Crippen LogP contribution in [0.5, 0.6) is 0 Å². The van der Waals surface area contributed by atoms with Gasteiger partial charge in [-0.2, -0.15) is 5.26 Å². The number of likely N-dealkylation sites (tertiary alicyclic amines) is 2. The highest BCUT2D eigenvalue weighted by atomic mass is 16.2. The Labute approximate surface area is 150 Å². The predicted octanol–water partition coefficient (Wildman–Crippen LogP) is 2.47. The number of carbonyl (C=O) groups excluding carboxylic acids is 1. The van der Waals surface area contributed by atoms with Gasteiger partial charge >= 0.3 is 6.03 Å². The minimum Gasteiger partial charge on any atom is -0.336 e. The smallest absolute Gasteiger partial charge is 0.317 e. The van der Waals surface area contributed by atoms with Crippen LogP contribution in [0.3, 0.4) is 0 Å². The number of hydrogen-bond donors (Lipinski definition) is 1. The van der Waals surface area contributed by atoms with E-state index in [1.165, 1.54) is 12.0 Å². The summed E-state index contributed by atoms with van der Waals surface area (Å²) in [5.74, 6) is 1.18. The van der Waals surface area contributed by atoms with Crippen molar-refractivity contribution in [3.05, 3.63) is 35.4 Å². The number of benzene rings is 1. The van der Waals surface area contributed by atoms with Crippen molar-refractivity contribution in [1.82, 2.24) is 15.1 Å². The molecular weight excluding hydrogens is 312 g/mol. The van der Waals surface area contributed by atoms with Crippen molar-refractivity contribution in [3.8, 4) is 6.07 Å². The molecule has 2 atom stereocenters. The lowest BCUT2D eigenvalue weighted by atomic mass is 9.84. The first kappa shape index (κ1) is 17.8. The van der Waals surface area contributed by atoms with E-state index in [4.69, 9.17) is 5.26 Å². The summed E-state index contributed by atoms with van der Waals surface area (Å²) < 4.78 is 0. The van der Waals surface area contributed by atoms with E-state index in [0.29, 0.717) is 11.8 Å². The first-order valence-electron chi connectivity index (χ1n) is 9.30. The molecule has 0 aliphatic carbocycles. The molecule has 134 valence electrons. The van der Waals surface area contributed by atoms with Gasteiger partial charge in [0.25, 0.3) is 0 Å². The van der Waals surface area contributed by atoms with Crippen LogP contribution in [0.2, 0.25) is 0 Å². The molecule has 1 aromatic carbocycles. The second kappa shape index (κ2) is 7.88. The van der Waals surface area contributed by atoms with E-state index < -0.39 is 0 Å². The number of nitrogens with zero attached hydrogens (tertiary/aromatic N) is 3. The van der Waals surface area contributed by atoms with E-state index >= 15 is 0 Å². The summed E-state index contributed by atoms with van der Waals surface area (Å²) >= 11 is 0. The minimum atomic E-state index is 0.0933. The Balaban J connectivity index is 1.50. The summed E-state index contributed by atoms with van der Waals surface area (Å²) in [4.78, 5) is 16.8. The van der Waals surface area contributed by atoms with Crippen LogP contribution in [0.25, 0.3) is 0 Å². The van der Waals surface area contributed by atoms with Crippen molar-refractivity contribution in [1.29, 1.82) is 5.26 Å². The molecule has 0 saturated carbocycles. The van der Waals surface area contributed by atoms with Gasteiger partial charge in [0, 0.05) is 38.8 Å². The highest BCUT2D eigenvalue weighted by Gasteiger charge is 2.35. The van der Waals surface area contributed by atoms with Crippen molar-refractivity contribution < 1.29 is 4.79 Å². The van der Waals surface area contributed by atoms with Crippen LogP contribution in [0.1, 0.15) is 31.4 Å². The van der Waals surface area contributed by atoms with Crippen LogP contribution in [0.4, 0.5) is 4.79 Å². The Morgan fingerprint density at radius 1 is 1.20 bits per heavy atom. The summed E-state index contributed by atoms with van der Waals surface area (Å²) in [5, 5.41) is 11.9. The third kappa shape index (κ3) is 4.73. The minimum absolute atomic E-state index is 0.0933. The number of piperidine rings is 2. The van der Waals surface area contributed by atoms with Crippen molar-refractivity contribution in [2.24, 2.45) is 11.8 Å². The van der Waals surface area contributed by atoms with E-state index in [9.17, 15) is 4.79 Å². The molecule has 1 N–H and O–H groups in total. The fourth-order valence-electron chi connectivity index (χ4n) is 4.11. The second-order valence-corrected chi connectivity index (χ2v) is 7.80. The first-order valence-corrected chi connectivity index (χ1v) is 9.30. The number of fused-ring (bicyclic) bond motifs is 2. The van der Waals surface area contributed by atoms with Crippen molar-refractivity contribution >= 4 is 6.03 Å². The third-order valence-electron chi connectivity index (χ3n) is 5.16. The molecule has 25 heavy (non-hydrogen) atoms. The maximum atomic E-state index is 12.3. The number of rotatable bonds is 4. The molecule has 0 radical (unpaired) electrons. The molecule has 5 nitrogen and oxygen atoms in total. The standard InChI is InChI=1S/C20H28N4O/c1-15(2)22-20(25)24-13-18-9-19(14-24)12-23(11-18)8-7-16-3-5-17(10-21)6-4-16/h3-6,15,18-19H,7-9,11-14H2,1-2H3,(H,22,25). The summed E-state index contributed by atoms with van der Waals surface area (Å²) in [6.07, 6.45) is 2.27. The molecule has 2 saturated heterocycles. The zero-order valence-electron chi connectivity index (χ0n) is 15.2. The van der Waals surface area contributed by atoms with E-state index in [1.807, 2.05) is 30.9 Å². The largest absolute Gasteiger partial charge is 0.336 e. The number of amides is 2. The zero-order valence-corrected chi connectivity index (χ0v) is 15.2. The molecule has 2 bridgehead atoms. The molecule has 2 heterocycles. The molecule has 2 amide bonds. The highest BCUT2D eigenvalue weighted by molar-refractivity contribution is 5.74. The van der Waals surface area contributed by atoms with E-state index in [1.54, 1.807) is 0 Å². The van der Waals surface area contributed by atoms with Gasteiger partial charge < -0.3 is 15.1 Å². The molecule has 2 unspecified atom stereocenters. The van der Waals surface area contributed by atoms with Gasteiger partial charge in [0.2, 0.25) is 0 Å². The van der Waals surface area contributed by atoms with Crippen LogP contribution in [-0.2, 0) is 6.42 Å². The topological polar surface area (TPSA) is 59.4 Å². The van der Waals surface area contributed by atoms with Gasteiger partial charge in [-0.3, -0.25) is 0 Å². The number of carbonyl (C=O) groups is 1. The Bertz CT molecular complexity index is 620. The SMILES string of the molecule is CC(C)NC(=O)N1CC2CC(CN(CCc3ccc(C#N)cc3)C2)C1. The Hall–Kier alpha value is -2.06. The van der Waals surface area contributed by atoms with Crippen molar-refractivity contribution in [2.45, 2.75) is 32.7 Å². The van der Waals surface area contributed by atoms with Crippen molar-refractivity contribution in [3.63, 3.8) is 0 Å². The summed E-state index contributed by atoms with van der Waals surface area (Å²) in [6.45, 7) is 8.99. The number of hydrogen-bond acceptors (Lipinski definition) is 3. The molecule has 0 aromatic heterocycles. The fourth-order valence-corrected chi connectivity index (χ4v) is 4.11. The lowest BCUT2D eigenvalue weighted by Gasteiger charge is -2.46. The average Bonchev–Trinajstić information content (AvgIpc) is 2.59. The maximum Gasteiger partial charge on any atom is 0.317 e. The summed E-state index contributed by atoms with van der Waals surface area (Å²) in [5.41, 5.74) is 2.00. The maximum absolute atomic E-state index is 12.3. The molecule has 1 aromatic rings. The molecule has 2 aliphatic heterocycles. The molecule has 2 fully saturated rings. The van der Waals surface area contributed by atoms with Crippen molar-refractivity contribution in [2.75, 3.05) is 32.7 Å². The van der Waals surface area contributed by atoms with Gasteiger partial charge in [-0.05, 0) is 56.2 Å². The van der Waals surface area contributed by atoms with Crippen LogP contribution in [0, 0.1) is 23.2 Å². The van der Waals surface area contributed by atoms with E-state index in [0.717, 1.165) is 44.7 Å².